The first kappa shape index (κ1) is 26.4. The van der Waals surface area contributed by atoms with Crippen LogP contribution in [-0.2, 0) is 0 Å². The monoisotopic (exact) mass is 542 g/mol. The molecule has 206 valence electrons. The maximum atomic E-state index is 16.5. The topological polar surface area (TPSA) is 66.4 Å². The molecule has 2 aliphatic heterocycles. The van der Waals surface area contributed by atoms with Gasteiger partial charge in [0.05, 0.1) is 10.9 Å². The van der Waals surface area contributed by atoms with E-state index < -0.39 is 11.6 Å². The third-order valence-electron chi connectivity index (χ3n) is 8.43. The molecule has 7 nitrogen and oxygen atoms in total. The SMILES string of the molecule is C#Cc1c(F)ccc2cccc(-c3ncc4c(N(C)[C@@H]5CCN[C@@H]5C)nc(OC[C@@H]5CCCN5C)nc4c3F)c12. The Balaban J connectivity index is 1.51. The lowest BCUT2D eigenvalue weighted by atomic mass is 9.96. The molecule has 4 heterocycles. The first-order chi connectivity index (χ1) is 19.4. The zero-order valence-corrected chi connectivity index (χ0v) is 22.9. The van der Waals surface area contributed by atoms with Crippen LogP contribution in [0.3, 0.4) is 0 Å². The quantitative estimate of drug-likeness (QED) is 0.352. The van der Waals surface area contributed by atoms with Crippen LogP contribution in [0, 0.1) is 24.0 Å². The van der Waals surface area contributed by atoms with Gasteiger partial charge >= 0.3 is 6.01 Å². The molecule has 40 heavy (non-hydrogen) atoms. The van der Waals surface area contributed by atoms with Gasteiger partial charge in [-0.25, -0.2) is 8.78 Å². The summed E-state index contributed by atoms with van der Waals surface area (Å²) in [6, 6.07) is 9.02. The van der Waals surface area contributed by atoms with Crippen LogP contribution in [0.2, 0.25) is 0 Å². The molecule has 0 spiro atoms. The van der Waals surface area contributed by atoms with Crippen molar-refractivity contribution in [3.63, 3.8) is 0 Å². The van der Waals surface area contributed by atoms with Crippen molar-refractivity contribution in [3.8, 4) is 29.6 Å². The van der Waals surface area contributed by atoms with Crippen LogP contribution >= 0.6 is 0 Å². The number of benzene rings is 2. The molecule has 0 unspecified atom stereocenters. The molecule has 9 heteroatoms. The van der Waals surface area contributed by atoms with Gasteiger partial charge in [-0.2, -0.15) is 9.97 Å². The van der Waals surface area contributed by atoms with Crippen LogP contribution in [0.1, 0.15) is 31.7 Å². The molecule has 0 aliphatic carbocycles. The van der Waals surface area contributed by atoms with Crippen LogP contribution in [0.4, 0.5) is 14.6 Å². The third-order valence-corrected chi connectivity index (χ3v) is 8.43. The first-order valence-corrected chi connectivity index (χ1v) is 13.7. The predicted molar refractivity (Wildman–Crippen MR) is 154 cm³/mol. The van der Waals surface area contributed by atoms with E-state index in [-0.39, 0.29) is 40.9 Å². The minimum Gasteiger partial charge on any atom is -0.462 e. The smallest absolute Gasteiger partial charge is 0.319 e. The first-order valence-electron chi connectivity index (χ1n) is 13.7. The highest BCUT2D eigenvalue weighted by atomic mass is 19.1. The van der Waals surface area contributed by atoms with Gasteiger partial charge in [-0.05, 0) is 57.8 Å². The number of halogens is 2. The average Bonchev–Trinajstić information content (AvgIpc) is 3.58. The Morgan fingerprint density at radius 1 is 1.20 bits per heavy atom. The van der Waals surface area contributed by atoms with Gasteiger partial charge in [0.2, 0.25) is 0 Å². The molecule has 3 atom stereocenters. The normalized spacial score (nSPS) is 21.2. The lowest BCUT2D eigenvalue weighted by molar-refractivity contribution is 0.188. The largest absolute Gasteiger partial charge is 0.462 e. The summed E-state index contributed by atoms with van der Waals surface area (Å²) in [5.41, 5.74) is 0.627. The van der Waals surface area contributed by atoms with Crippen LogP contribution in [0.15, 0.2) is 36.5 Å². The molecular formula is C31H32F2N6O. The number of anilines is 1. The summed E-state index contributed by atoms with van der Waals surface area (Å²) in [6.45, 7) is 4.45. The van der Waals surface area contributed by atoms with Gasteiger partial charge in [-0.1, -0.05) is 30.2 Å². The lowest BCUT2D eigenvalue weighted by Gasteiger charge is -2.29. The zero-order chi connectivity index (χ0) is 28.0. The second-order valence-corrected chi connectivity index (χ2v) is 10.8. The van der Waals surface area contributed by atoms with Crippen molar-refractivity contribution in [1.29, 1.82) is 0 Å². The number of pyridine rings is 1. The highest BCUT2D eigenvalue weighted by Crippen LogP contribution is 2.37. The fraction of sp³-hybridized carbons (Fsp3) is 0.387. The van der Waals surface area contributed by atoms with Crippen LogP contribution in [0.25, 0.3) is 32.9 Å². The van der Waals surface area contributed by atoms with Crippen molar-refractivity contribution in [2.45, 2.75) is 44.3 Å². The number of likely N-dealkylation sites (N-methyl/N-ethyl adjacent to an activating group) is 2. The summed E-state index contributed by atoms with van der Waals surface area (Å²) in [5.74, 6) is 1.82. The molecule has 1 N–H and O–H groups in total. The Bertz CT molecular complexity index is 1640. The second kappa shape index (κ2) is 10.6. The highest BCUT2D eigenvalue weighted by Gasteiger charge is 2.30. The summed E-state index contributed by atoms with van der Waals surface area (Å²) in [4.78, 5) is 18.2. The Hall–Kier alpha value is -3.87. The number of hydrogen-bond acceptors (Lipinski definition) is 7. The number of terminal acetylenes is 1. The van der Waals surface area contributed by atoms with E-state index in [4.69, 9.17) is 16.1 Å². The van der Waals surface area contributed by atoms with Gasteiger partial charge in [0.25, 0.3) is 0 Å². The number of likely N-dealkylation sites (tertiary alicyclic amines) is 1. The summed E-state index contributed by atoms with van der Waals surface area (Å²) in [6.07, 6.45) is 10.3. The van der Waals surface area contributed by atoms with Crippen molar-refractivity contribution in [2.24, 2.45) is 0 Å². The van der Waals surface area contributed by atoms with E-state index in [9.17, 15) is 4.39 Å². The summed E-state index contributed by atoms with van der Waals surface area (Å²) >= 11 is 0. The van der Waals surface area contributed by atoms with E-state index in [0.717, 1.165) is 32.4 Å². The fourth-order valence-electron chi connectivity index (χ4n) is 6.13. The number of hydrogen-bond donors (Lipinski definition) is 1. The maximum absolute atomic E-state index is 16.5. The highest BCUT2D eigenvalue weighted by molar-refractivity contribution is 6.02. The summed E-state index contributed by atoms with van der Waals surface area (Å²) < 4.78 is 37.3. The van der Waals surface area contributed by atoms with Gasteiger partial charge in [0.15, 0.2) is 5.82 Å². The molecule has 0 amide bonds. The molecule has 6 rings (SSSR count). The maximum Gasteiger partial charge on any atom is 0.319 e. The number of rotatable bonds is 6. The number of fused-ring (bicyclic) bond motifs is 2. The summed E-state index contributed by atoms with van der Waals surface area (Å²) in [7, 11) is 4.04. The minimum absolute atomic E-state index is 0.0462. The number of nitrogens with zero attached hydrogens (tertiary/aromatic N) is 5. The van der Waals surface area contributed by atoms with Crippen LogP contribution < -0.4 is 15.0 Å². The Labute approximate surface area is 232 Å². The Kier molecular flexibility index (Phi) is 6.99. The van der Waals surface area contributed by atoms with E-state index in [1.54, 1.807) is 24.4 Å². The minimum atomic E-state index is -0.630. The molecule has 2 fully saturated rings. The van der Waals surface area contributed by atoms with E-state index in [0.29, 0.717) is 34.1 Å². The number of nitrogens with one attached hydrogen (secondary N) is 1. The average molecular weight is 543 g/mol. The molecule has 2 aromatic heterocycles. The molecule has 0 radical (unpaired) electrons. The van der Waals surface area contributed by atoms with E-state index in [1.165, 1.54) is 6.07 Å². The van der Waals surface area contributed by atoms with Crippen molar-refractivity contribution >= 4 is 27.5 Å². The molecule has 2 saturated heterocycles. The van der Waals surface area contributed by atoms with Crippen molar-refractivity contribution in [3.05, 3.63) is 53.7 Å². The molecule has 4 aromatic rings. The fourth-order valence-corrected chi connectivity index (χ4v) is 6.13. The molecule has 0 bridgehead atoms. The van der Waals surface area contributed by atoms with E-state index >= 15 is 4.39 Å². The van der Waals surface area contributed by atoms with Crippen LogP contribution in [0.5, 0.6) is 6.01 Å². The van der Waals surface area contributed by atoms with Gasteiger partial charge in [0.1, 0.15) is 29.5 Å². The predicted octanol–water partition coefficient (Wildman–Crippen LogP) is 4.76. The molecular weight excluding hydrogens is 510 g/mol. The van der Waals surface area contributed by atoms with E-state index in [2.05, 4.69) is 45.0 Å². The standard InChI is InChI=1S/C31H32F2N6O/c1-5-21-24(32)12-11-19-8-6-10-22(26(19)21)28-27(33)29-23(16-35-28)30(39(4)25-13-14-34-18(25)2)37-31(36-29)40-17-20-9-7-15-38(20)3/h1,6,8,10-12,16,18,20,25,34H,7,9,13-15,17H2,2-4H3/t18-,20+,25-/m1/s1. The Morgan fingerprint density at radius 2 is 2.05 bits per heavy atom. The van der Waals surface area contributed by atoms with Crippen molar-refractivity contribution in [2.75, 3.05) is 38.7 Å². The van der Waals surface area contributed by atoms with Gasteiger partial charge < -0.3 is 19.9 Å². The van der Waals surface area contributed by atoms with Gasteiger partial charge in [-0.15, -0.1) is 6.42 Å². The van der Waals surface area contributed by atoms with Gasteiger partial charge in [0, 0.05) is 42.3 Å². The van der Waals surface area contributed by atoms with Crippen LogP contribution in [-0.4, -0.2) is 71.8 Å². The van der Waals surface area contributed by atoms with Crippen molar-refractivity contribution < 1.29 is 13.5 Å². The second-order valence-electron chi connectivity index (χ2n) is 10.8. The lowest BCUT2D eigenvalue weighted by Crippen LogP contribution is -2.40. The van der Waals surface area contributed by atoms with Crippen molar-refractivity contribution in [1.82, 2.24) is 25.2 Å². The molecule has 2 aromatic carbocycles. The number of aromatic nitrogens is 3. The molecule has 0 saturated carbocycles. The third kappa shape index (κ3) is 4.51. The summed E-state index contributed by atoms with van der Waals surface area (Å²) in [5, 5.41) is 5.09. The number of ether oxygens (including phenoxy) is 1. The zero-order valence-electron chi connectivity index (χ0n) is 22.9. The van der Waals surface area contributed by atoms with E-state index in [1.807, 2.05) is 13.1 Å². The Morgan fingerprint density at radius 3 is 2.77 bits per heavy atom. The van der Waals surface area contributed by atoms with Gasteiger partial charge in [-0.3, -0.25) is 4.98 Å². The molecule has 2 aliphatic rings.